The van der Waals surface area contributed by atoms with Crippen LogP contribution in [0.1, 0.15) is 17.0 Å². The smallest absolute Gasteiger partial charge is 0.266 e. The van der Waals surface area contributed by atoms with Crippen LogP contribution in [0.4, 0.5) is 5.69 Å². The number of anilines is 1. The lowest BCUT2D eigenvalue weighted by molar-refractivity contribution is 0.942. The van der Waals surface area contributed by atoms with E-state index in [2.05, 4.69) is 29.2 Å². The number of benzene rings is 3. The quantitative estimate of drug-likeness (QED) is 0.503. The van der Waals surface area contributed by atoms with Crippen LogP contribution in [0.25, 0.3) is 28.7 Å². The van der Waals surface area contributed by atoms with Gasteiger partial charge in [-0.05, 0) is 60.5 Å². The maximum atomic E-state index is 13.3. The SMILES string of the molecule is Cc1cccc(-n2c(C=Cc3ccc(N(C)C)cc3)nc3ccccc3c2=O)c1. The molecule has 0 saturated carbocycles. The second-order valence-corrected chi connectivity index (χ2v) is 7.29. The maximum absolute atomic E-state index is 13.3. The molecule has 4 rings (SSSR count). The minimum absolute atomic E-state index is 0.0659. The van der Waals surface area contributed by atoms with E-state index in [0.29, 0.717) is 16.7 Å². The van der Waals surface area contributed by atoms with Crippen molar-refractivity contribution in [2.24, 2.45) is 0 Å². The lowest BCUT2D eigenvalue weighted by Crippen LogP contribution is -2.22. The van der Waals surface area contributed by atoms with Gasteiger partial charge in [-0.15, -0.1) is 0 Å². The minimum Gasteiger partial charge on any atom is -0.378 e. The molecule has 0 aliphatic rings. The number of fused-ring (bicyclic) bond motifs is 1. The van der Waals surface area contributed by atoms with E-state index in [0.717, 1.165) is 22.5 Å². The van der Waals surface area contributed by atoms with E-state index in [1.54, 1.807) is 4.57 Å². The number of hydrogen-bond acceptors (Lipinski definition) is 3. The van der Waals surface area contributed by atoms with E-state index in [4.69, 9.17) is 4.98 Å². The summed E-state index contributed by atoms with van der Waals surface area (Å²) in [6, 6.07) is 23.6. The number of hydrogen-bond donors (Lipinski definition) is 0. The molecule has 144 valence electrons. The van der Waals surface area contributed by atoms with Crippen LogP contribution in [0, 0.1) is 6.92 Å². The van der Waals surface area contributed by atoms with E-state index >= 15 is 0 Å². The van der Waals surface area contributed by atoms with E-state index < -0.39 is 0 Å². The first-order chi connectivity index (χ1) is 14.0. The van der Waals surface area contributed by atoms with Gasteiger partial charge in [0.25, 0.3) is 5.56 Å². The molecule has 29 heavy (non-hydrogen) atoms. The molecule has 0 spiro atoms. The van der Waals surface area contributed by atoms with Crippen LogP contribution in [0.5, 0.6) is 0 Å². The first-order valence-corrected chi connectivity index (χ1v) is 9.57. The number of para-hydroxylation sites is 1. The van der Waals surface area contributed by atoms with Gasteiger partial charge < -0.3 is 4.90 Å². The average molecular weight is 381 g/mol. The molecule has 0 bridgehead atoms. The molecule has 4 aromatic rings. The molecule has 0 fully saturated rings. The molecule has 4 nitrogen and oxygen atoms in total. The van der Waals surface area contributed by atoms with Crippen molar-refractivity contribution in [3.8, 4) is 5.69 Å². The van der Waals surface area contributed by atoms with Crippen molar-refractivity contribution in [3.05, 3.63) is 100 Å². The van der Waals surface area contributed by atoms with Crippen molar-refractivity contribution in [2.45, 2.75) is 6.92 Å². The Balaban J connectivity index is 1.86. The van der Waals surface area contributed by atoms with E-state index in [9.17, 15) is 4.79 Å². The van der Waals surface area contributed by atoms with Crippen molar-refractivity contribution in [1.29, 1.82) is 0 Å². The lowest BCUT2D eigenvalue weighted by atomic mass is 10.1. The molecule has 0 amide bonds. The Morgan fingerprint density at radius 3 is 2.38 bits per heavy atom. The third kappa shape index (κ3) is 3.83. The summed E-state index contributed by atoms with van der Waals surface area (Å²) in [5, 5.41) is 0.612. The van der Waals surface area contributed by atoms with Gasteiger partial charge in [-0.2, -0.15) is 0 Å². The molecule has 0 aliphatic heterocycles. The van der Waals surface area contributed by atoms with Gasteiger partial charge >= 0.3 is 0 Å². The second-order valence-electron chi connectivity index (χ2n) is 7.29. The zero-order chi connectivity index (χ0) is 20.4. The third-order valence-electron chi connectivity index (χ3n) is 4.90. The van der Waals surface area contributed by atoms with E-state index in [1.807, 2.05) is 81.7 Å². The normalized spacial score (nSPS) is 11.3. The lowest BCUT2D eigenvalue weighted by Gasteiger charge is -2.13. The van der Waals surface area contributed by atoms with Gasteiger partial charge in [0, 0.05) is 19.8 Å². The molecule has 0 unspecified atom stereocenters. The number of rotatable bonds is 4. The predicted octanol–water partition coefficient (Wildman–Crippen LogP) is 4.93. The molecular formula is C25H23N3O. The minimum atomic E-state index is -0.0659. The Labute approximate surface area is 170 Å². The fourth-order valence-corrected chi connectivity index (χ4v) is 3.33. The molecule has 0 radical (unpaired) electrons. The van der Waals surface area contributed by atoms with Crippen molar-refractivity contribution in [1.82, 2.24) is 9.55 Å². The Bertz CT molecular complexity index is 1250. The zero-order valence-corrected chi connectivity index (χ0v) is 16.8. The molecular weight excluding hydrogens is 358 g/mol. The van der Waals surface area contributed by atoms with Gasteiger partial charge in [-0.25, -0.2) is 4.98 Å². The zero-order valence-electron chi connectivity index (χ0n) is 16.8. The molecule has 0 saturated heterocycles. The molecule has 1 aromatic heterocycles. The fraction of sp³-hybridized carbons (Fsp3) is 0.120. The monoisotopic (exact) mass is 381 g/mol. The van der Waals surface area contributed by atoms with Crippen molar-refractivity contribution in [3.63, 3.8) is 0 Å². The van der Waals surface area contributed by atoms with Gasteiger partial charge in [0.05, 0.1) is 16.6 Å². The molecule has 0 aliphatic carbocycles. The van der Waals surface area contributed by atoms with Gasteiger partial charge in [-0.1, -0.05) is 42.5 Å². The highest BCUT2D eigenvalue weighted by atomic mass is 16.1. The first kappa shape index (κ1) is 18.7. The summed E-state index contributed by atoms with van der Waals surface area (Å²) in [6.07, 6.45) is 3.89. The summed E-state index contributed by atoms with van der Waals surface area (Å²) in [7, 11) is 4.04. The highest BCUT2D eigenvalue weighted by Gasteiger charge is 2.11. The molecule has 3 aromatic carbocycles. The average Bonchev–Trinajstić information content (AvgIpc) is 2.72. The number of aryl methyl sites for hydroxylation is 1. The van der Waals surface area contributed by atoms with Crippen LogP contribution >= 0.6 is 0 Å². The number of aromatic nitrogens is 2. The van der Waals surface area contributed by atoms with Gasteiger partial charge in [0.1, 0.15) is 5.82 Å². The van der Waals surface area contributed by atoms with Crippen LogP contribution < -0.4 is 10.5 Å². The van der Waals surface area contributed by atoms with Crippen LogP contribution in [-0.4, -0.2) is 23.6 Å². The maximum Gasteiger partial charge on any atom is 0.266 e. The summed E-state index contributed by atoms with van der Waals surface area (Å²) < 4.78 is 1.68. The van der Waals surface area contributed by atoms with Gasteiger partial charge in [0.2, 0.25) is 0 Å². The highest BCUT2D eigenvalue weighted by Crippen LogP contribution is 2.18. The highest BCUT2D eigenvalue weighted by molar-refractivity contribution is 5.80. The summed E-state index contributed by atoms with van der Waals surface area (Å²) in [5.74, 6) is 0.607. The van der Waals surface area contributed by atoms with Gasteiger partial charge in [0.15, 0.2) is 0 Å². The molecule has 0 atom stereocenters. The van der Waals surface area contributed by atoms with E-state index in [-0.39, 0.29) is 5.56 Å². The first-order valence-electron chi connectivity index (χ1n) is 9.57. The Morgan fingerprint density at radius 1 is 0.897 bits per heavy atom. The van der Waals surface area contributed by atoms with Crippen molar-refractivity contribution >= 4 is 28.7 Å². The largest absolute Gasteiger partial charge is 0.378 e. The molecule has 1 heterocycles. The summed E-state index contributed by atoms with van der Waals surface area (Å²) in [6.45, 7) is 2.02. The Morgan fingerprint density at radius 2 is 1.66 bits per heavy atom. The van der Waals surface area contributed by atoms with Crippen molar-refractivity contribution in [2.75, 3.05) is 19.0 Å². The van der Waals surface area contributed by atoms with Crippen LogP contribution in [0.15, 0.2) is 77.6 Å². The molecule has 0 N–H and O–H groups in total. The summed E-state index contributed by atoms with van der Waals surface area (Å²) >= 11 is 0. The molecule has 4 heteroatoms. The van der Waals surface area contributed by atoms with Crippen LogP contribution in [-0.2, 0) is 0 Å². The number of nitrogens with zero attached hydrogens (tertiary/aromatic N) is 3. The summed E-state index contributed by atoms with van der Waals surface area (Å²) in [5.41, 5.74) is 4.73. The van der Waals surface area contributed by atoms with Crippen molar-refractivity contribution < 1.29 is 0 Å². The topological polar surface area (TPSA) is 38.1 Å². The fourth-order valence-electron chi connectivity index (χ4n) is 3.33. The van der Waals surface area contributed by atoms with E-state index in [1.165, 1.54) is 0 Å². The van der Waals surface area contributed by atoms with Crippen LogP contribution in [0.2, 0.25) is 0 Å². The third-order valence-corrected chi connectivity index (χ3v) is 4.90. The standard InChI is InChI=1S/C25H23N3O/c1-18-7-6-8-21(17-18)28-24(26-23-10-5-4-9-22(23)25(28)29)16-13-19-11-14-20(15-12-19)27(2)3/h4-17H,1-3H3. The van der Waals surface area contributed by atoms with Gasteiger partial charge in [-0.3, -0.25) is 9.36 Å². The Kier molecular flexibility index (Phi) is 5.00. The Hall–Kier alpha value is -3.66. The second kappa shape index (κ2) is 7.76. The van der Waals surface area contributed by atoms with Crippen LogP contribution in [0.3, 0.4) is 0 Å². The summed E-state index contributed by atoms with van der Waals surface area (Å²) in [4.78, 5) is 20.1. The predicted molar refractivity (Wildman–Crippen MR) is 122 cm³/mol.